The molecule has 0 aliphatic carbocycles. The molecule has 0 spiro atoms. The maximum atomic E-state index is 8.70. The van der Waals surface area contributed by atoms with Crippen molar-refractivity contribution in [1.82, 2.24) is 10.3 Å². The van der Waals surface area contributed by atoms with Gasteiger partial charge in [0.15, 0.2) is 0 Å². The van der Waals surface area contributed by atoms with Crippen LogP contribution in [0, 0.1) is 0 Å². The Morgan fingerprint density at radius 1 is 1.78 bits per heavy atom. The van der Waals surface area contributed by atoms with Crippen molar-refractivity contribution in [3.8, 4) is 0 Å². The molecule has 4 heteroatoms. The lowest BCUT2D eigenvalue weighted by atomic mass is 10.2. The fraction of sp³-hybridized carbons (Fsp3) is 1.00. The highest BCUT2D eigenvalue weighted by Gasteiger charge is 2.16. The zero-order valence-electron chi connectivity index (χ0n) is 5.38. The molecular formula is C5H13N3O. The standard InChI is InChI=1S/C5H13N3O/c6-8-2-1-7-3-5(8)4-9/h5,7,9H,1-4,6H2. The van der Waals surface area contributed by atoms with E-state index in [9.17, 15) is 0 Å². The maximum absolute atomic E-state index is 8.70. The third kappa shape index (κ3) is 1.62. The summed E-state index contributed by atoms with van der Waals surface area (Å²) in [5.41, 5.74) is 0. The fourth-order valence-electron chi connectivity index (χ4n) is 0.946. The average Bonchev–Trinajstić information content (AvgIpc) is 1.89. The Morgan fingerprint density at radius 3 is 3.00 bits per heavy atom. The second kappa shape index (κ2) is 3.12. The molecule has 4 nitrogen and oxygen atoms in total. The topological polar surface area (TPSA) is 61.5 Å². The average molecular weight is 131 g/mol. The molecule has 0 bridgehead atoms. The first-order valence-electron chi connectivity index (χ1n) is 3.17. The molecule has 1 atom stereocenters. The number of nitrogens with zero attached hydrogens (tertiary/aromatic N) is 1. The molecule has 0 aromatic heterocycles. The van der Waals surface area contributed by atoms with Crippen molar-refractivity contribution in [2.75, 3.05) is 26.2 Å². The quantitative estimate of drug-likeness (QED) is 0.365. The van der Waals surface area contributed by atoms with E-state index in [-0.39, 0.29) is 12.6 Å². The molecule has 1 fully saturated rings. The van der Waals surface area contributed by atoms with Crippen molar-refractivity contribution in [2.45, 2.75) is 6.04 Å². The molecule has 1 unspecified atom stereocenters. The van der Waals surface area contributed by atoms with Crippen molar-refractivity contribution in [3.63, 3.8) is 0 Å². The van der Waals surface area contributed by atoms with Crippen molar-refractivity contribution in [3.05, 3.63) is 0 Å². The first-order valence-corrected chi connectivity index (χ1v) is 3.17. The van der Waals surface area contributed by atoms with Gasteiger partial charge in [-0.15, -0.1) is 0 Å². The molecule has 0 radical (unpaired) electrons. The number of piperazine rings is 1. The van der Waals surface area contributed by atoms with Crippen LogP contribution in [-0.2, 0) is 0 Å². The number of hydrogen-bond donors (Lipinski definition) is 3. The van der Waals surface area contributed by atoms with Crippen LogP contribution in [0.15, 0.2) is 0 Å². The zero-order chi connectivity index (χ0) is 6.69. The Hall–Kier alpha value is -0.160. The minimum Gasteiger partial charge on any atom is -0.395 e. The van der Waals surface area contributed by atoms with Gasteiger partial charge in [-0.05, 0) is 0 Å². The van der Waals surface area contributed by atoms with Gasteiger partial charge >= 0.3 is 0 Å². The van der Waals surface area contributed by atoms with E-state index in [1.165, 1.54) is 0 Å². The minimum atomic E-state index is 0.110. The molecule has 4 N–H and O–H groups in total. The third-order valence-electron chi connectivity index (χ3n) is 1.61. The zero-order valence-corrected chi connectivity index (χ0v) is 5.38. The van der Waals surface area contributed by atoms with Gasteiger partial charge in [-0.1, -0.05) is 0 Å². The number of hydrogen-bond acceptors (Lipinski definition) is 4. The van der Waals surface area contributed by atoms with Gasteiger partial charge in [0.2, 0.25) is 0 Å². The monoisotopic (exact) mass is 131 g/mol. The van der Waals surface area contributed by atoms with Crippen molar-refractivity contribution >= 4 is 0 Å². The van der Waals surface area contributed by atoms with Crippen molar-refractivity contribution < 1.29 is 5.11 Å². The normalized spacial score (nSPS) is 30.7. The Kier molecular flexibility index (Phi) is 2.41. The Labute approximate surface area is 54.6 Å². The van der Waals surface area contributed by atoms with Gasteiger partial charge in [0, 0.05) is 19.6 Å². The highest BCUT2D eigenvalue weighted by atomic mass is 16.3. The molecule has 54 valence electrons. The van der Waals surface area contributed by atoms with Crippen LogP contribution in [0.25, 0.3) is 0 Å². The van der Waals surface area contributed by atoms with Gasteiger partial charge in [0.25, 0.3) is 0 Å². The number of aliphatic hydroxyl groups excluding tert-OH is 1. The van der Waals surface area contributed by atoms with Crippen LogP contribution in [0.2, 0.25) is 0 Å². The Morgan fingerprint density at radius 2 is 2.56 bits per heavy atom. The van der Waals surface area contributed by atoms with E-state index >= 15 is 0 Å². The van der Waals surface area contributed by atoms with Gasteiger partial charge in [-0.25, -0.2) is 5.01 Å². The minimum absolute atomic E-state index is 0.110. The maximum Gasteiger partial charge on any atom is 0.0613 e. The lowest BCUT2D eigenvalue weighted by Crippen LogP contribution is -2.55. The summed E-state index contributed by atoms with van der Waals surface area (Å²) in [6.45, 7) is 2.69. The van der Waals surface area contributed by atoms with E-state index in [2.05, 4.69) is 5.32 Å². The summed E-state index contributed by atoms with van der Waals surface area (Å²) in [5.74, 6) is 5.52. The molecule has 1 aliphatic rings. The first kappa shape index (κ1) is 6.95. The second-order valence-corrected chi connectivity index (χ2v) is 2.28. The van der Waals surface area contributed by atoms with E-state index in [4.69, 9.17) is 10.9 Å². The van der Waals surface area contributed by atoms with Crippen molar-refractivity contribution in [2.24, 2.45) is 5.84 Å². The fourth-order valence-corrected chi connectivity index (χ4v) is 0.946. The predicted octanol–water partition coefficient (Wildman–Crippen LogP) is -1.87. The molecular weight excluding hydrogens is 118 g/mol. The van der Waals surface area contributed by atoms with E-state index in [1.807, 2.05) is 0 Å². The number of aliphatic hydroxyl groups is 1. The molecule has 0 aromatic carbocycles. The summed E-state index contributed by atoms with van der Waals surface area (Å²) >= 11 is 0. The van der Waals surface area contributed by atoms with Gasteiger partial charge in [0.05, 0.1) is 12.6 Å². The molecule has 0 aromatic rings. The molecule has 9 heavy (non-hydrogen) atoms. The number of nitrogens with two attached hydrogens (primary N) is 1. The highest BCUT2D eigenvalue weighted by Crippen LogP contribution is 1.94. The highest BCUT2D eigenvalue weighted by molar-refractivity contribution is 4.74. The van der Waals surface area contributed by atoms with Crippen LogP contribution in [-0.4, -0.2) is 42.4 Å². The van der Waals surface area contributed by atoms with Crippen LogP contribution in [0.1, 0.15) is 0 Å². The number of nitrogens with one attached hydrogen (secondary N) is 1. The van der Waals surface area contributed by atoms with Gasteiger partial charge < -0.3 is 10.4 Å². The molecule has 0 saturated carbocycles. The molecule has 1 rings (SSSR count). The van der Waals surface area contributed by atoms with Crippen LogP contribution in [0.5, 0.6) is 0 Å². The third-order valence-corrected chi connectivity index (χ3v) is 1.61. The summed E-state index contributed by atoms with van der Waals surface area (Å²) in [7, 11) is 0. The van der Waals surface area contributed by atoms with E-state index in [0.717, 1.165) is 19.6 Å². The molecule has 1 aliphatic heterocycles. The Balaban J connectivity index is 2.30. The first-order chi connectivity index (χ1) is 4.34. The van der Waals surface area contributed by atoms with E-state index < -0.39 is 0 Å². The summed E-state index contributed by atoms with van der Waals surface area (Å²) < 4.78 is 0. The van der Waals surface area contributed by atoms with Gasteiger partial charge in [0.1, 0.15) is 0 Å². The lowest BCUT2D eigenvalue weighted by molar-refractivity contribution is 0.102. The SMILES string of the molecule is NN1CCNCC1CO. The van der Waals surface area contributed by atoms with Crippen LogP contribution in [0.3, 0.4) is 0 Å². The summed E-state index contributed by atoms with van der Waals surface area (Å²) in [6.07, 6.45) is 0. The van der Waals surface area contributed by atoms with Crippen LogP contribution < -0.4 is 11.2 Å². The molecule has 1 saturated heterocycles. The molecule has 0 amide bonds. The van der Waals surface area contributed by atoms with Crippen molar-refractivity contribution in [1.29, 1.82) is 0 Å². The molecule has 1 heterocycles. The summed E-state index contributed by atoms with van der Waals surface area (Å²) in [5, 5.41) is 13.5. The second-order valence-electron chi connectivity index (χ2n) is 2.28. The lowest BCUT2D eigenvalue weighted by Gasteiger charge is -2.30. The van der Waals surface area contributed by atoms with E-state index in [1.54, 1.807) is 5.01 Å². The van der Waals surface area contributed by atoms with E-state index in [0.29, 0.717) is 0 Å². The number of hydrazine groups is 1. The summed E-state index contributed by atoms with van der Waals surface area (Å²) in [6, 6.07) is 0.110. The predicted molar refractivity (Wildman–Crippen MR) is 34.6 cm³/mol. The Bertz CT molecular complexity index is 88.3. The van der Waals surface area contributed by atoms with Crippen LogP contribution >= 0.6 is 0 Å². The van der Waals surface area contributed by atoms with Gasteiger partial charge in [-0.3, -0.25) is 5.84 Å². The van der Waals surface area contributed by atoms with Crippen LogP contribution in [0.4, 0.5) is 0 Å². The van der Waals surface area contributed by atoms with Gasteiger partial charge in [-0.2, -0.15) is 0 Å². The smallest absolute Gasteiger partial charge is 0.0613 e. The number of rotatable bonds is 1. The largest absolute Gasteiger partial charge is 0.395 e. The summed E-state index contributed by atoms with van der Waals surface area (Å²) in [4.78, 5) is 0.